The van der Waals surface area contributed by atoms with E-state index in [9.17, 15) is 12.8 Å². The Morgan fingerprint density at radius 3 is 2.52 bits per heavy atom. The number of nitrogens with zero attached hydrogens (tertiary/aromatic N) is 1. The molecule has 0 atom stereocenters. The highest BCUT2D eigenvalue weighted by Crippen LogP contribution is 2.33. The molecule has 1 heterocycles. The van der Waals surface area contributed by atoms with E-state index >= 15 is 0 Å². The Balaban J connectivity index is 2.09. The zero-order chi connectivity index (χ0) is 15.0. The van der Waals surface area contributed by atoms with Crippen LogP contribution in [0.15, 0.2) is 47.4 Å². The number of anilines is 2. The molecule has 0 saturated carbocycles. The fourth-order valence-corrected chi connectivity index (χ4v) is 4.07. The number of hydrogen-bond donors (Lipinski definition) is 1. The maximum absolute atomic E-state index is 13.0. The van der Waals surface area contributed by atoms with Crippen LogP contribution in [0.2, 0.25) is 0 Å². The van der Waals surface area contributed by atoms with Gasteiger partial charge in [0.15, 0.2) is 0 Å². The molecule has 0 radical (unpaired) electrons. The van der Waals surface area contributed by atoms with Gasteiger partial charge in [-0.15, -0.1) is 0 Å². The summed E-state index contributed by atoms with van der Waals surface area (Å²) in [7, 11) is -3.70. The highest BCUT2D eigenvalue weighted by molar-refractivity contribution is 7.92. The number of benzene rings is 2. The summed E-state index contributed by atoms with van der Waals surface area (Å²) in [6, 6.07) is 10.2. The van der Waals surface area contributed by atoms with Crippen LogP contribution in [-0.2, 0) is 16.4 Å². The number of sulfonamides is 1. The van der Waals surface area contributed by atoms with Crippen LogP contribution in [0.3, 0.4) is 0 Å². The molecule has 0 bridgehead atoms. The lowest BCUT2D eigenvalue weighted by Crippen LogP contribution is -2.35. The van der Waals surface area contributed by atoms with Gasteiger partial charge in [0.05, 0.1) is 10.6 Å². The summed E-state index contributed by atoms with van der Waals surface area (Å²) >= 11 is 0. The monoisotopic (exact) mass is 306 g/mol. The van der Waals surface area contributed by atoms with Gasteiger partial charge in [-0.05, 0) is 54.8 Å². The molecule has 110 valence electrons. The maximum atomic E-state index is 13.0. The van der Waals surface area contributed by atoms with Crippen molar-refractivity contribution in [1.82, 2.24) is 0 Å². The summed E-state index contributed by atoms with van der Waals surface area (Å²) in [5.41, 5.74) is 7.87. The third-order valence-corrected chi connectivity index (χ3v) is 5.41. The molecule has 3 rings (SSSR count). The molecule has 6 heteroatoms. The van der Waals surface area contributed by atoms with Crippen molar-refractivity contribution in [2.24, 2.45) is 0 Å². The lowest BCUT2D eigenvalue weighted by atomic mass is 10.0. The highest BCUT2D eigenvalue weighted by atomic mass is 32.2. The van der Waals surface area contributed by atoms with Gasteiger partial charge >= 0.3 is 0 Å². The van der Waals surface area contributed by atoms with Gasteiger partial charge in [-0.2, -0.15) is 0 Å². The van der Waals surface area contributed by atoms with Crippen LogP contribution in [0.1, 0.15) is 12.0 Å². The fraction of sp³-hybridized carbons (Fsp3) is 0.200. The van der Waals surface area contributed by atoms with Crippen LogP contribution in [0, 0.1) is 5.82 Å². The molecule has 0 fully saturated rings. The molecule has 0 saturated heterocycles. The first-order valence-electron chi connectivity index (χ1n) is 6.65. The molecule has 0 amide bonds. The van der Waals surface area contributed by atoms with Crippen molar-refractivity contribution >= 4 is 21.4 Å². The Bertz CT molecular complexity index is 773. The minimum atomic E-state index is -3.70. The third-order valence-electron chi connectivity index (χ3n) is 3.59. The number of rotatable bonds is 2. The van der Waals surface area contributed by atoms with Crippen LogP contribution in [-0.4, -0.2) is 15.0 Å². The summed E-state index contributed by atoms with van der Waals surface area (Å²) in [6.45, 7) is 0.399. The predicted molar refractivity (Wildman–Crippen MR) is 80.1 cm³/mol. The van der Waals surface area contributed by atoms with Gasteiger partial charge in [0, 0.05) is 12.2 Å². The number of aryl methyl sites for hydroxylation is 1. The number of fused-ring (bicyclic) bond motifs is 1. The van der Waals surface area contributed by atoms with Crippen LogP contribution < -0.4 is 10.0 Å². The van der Waals surface area contributed by atoms with Gasteiger partial charge in [0.25, 0.3) is 10.0 Å². The van der Waals surface area contributed by atoms with Crippen molar-refractivity contribution in [1.29, 1.82) is 0 Å². The zero-order valence-electron chi connectivity index (χ0n) is 11.3. The summed E-state index contributed by atoms with van der Waals surface area (Å²) < 4.78 is 39.8. The zero-order valence-corrected chi connectivity index (χ0v) is 12.1. The fourth-order valence-electron chi connectivity index (χ4n) is 2.54. The first-order valence-corrected chi connectivity index (χ1v) is 8.09. The molecule has 1 aliphatic heterocycles. The van der Waals surface area contributed by atoms with E-state index in [4.69, 9.17) is 5.73 Å². The molecule has 0 unspecified atom stereocenters. The van der Waals surface area contributed by atoms with E-state index < -0.39 is 15.8 Å². The first kappa shape index (κ1) is 13.9. The van der Waals surface area contributed by atoms with Gasteiger partial charge in [-0.1, -0.05) is 6.07 Å². The van der Waals surface area contributed by atoms with E-state index in [-0.39, 0.29) is 4.90 Å². The number of nitrogen functional groups attached to an aromatic ring is 1. The Morgan fingerprint density at radius 1 is 1.10 bits per heavy atom. The Kier molecular flexibility index (Phi) is 3.33. The second-order valence-corrected chi connectivity index (χ2v) is 6.89. The number of hydrogen-bond acceptors (Lipinski definition) is 3. The Morgan fingerprint density at radius 2 is 1.81 bits per heavy atom. The molecule has 0 aliphatic carbocycles. The molecule has 1 aliphatic rings. The molecule has 4 nitrogen and oxygen atoms in total. The van der Waals surface area contributed by atoms with E-state index in [1.807, 2.05) is 6.07 Å². The number of nitrogens with two attached hydrogens (primary N) is 1. The first-order chi connectivity index (χ1) is 9.98. The molecular formula is C15H15FN2O2S. The van der Waals surface area contributed by atoms with Crippen molar-refractivity contribution in [3.8, 4) is 0 Å². The maximum Gasteiger partial charge on any atom is 0.264 e. The smallest absolute Gasteiger partial charge is 0.264 e. The minimum absolute atomic E-state index is 0.0826. The van der Waals surface area contributed by atoms with Crippen LogP contribution in [0.4, 0.5) is 15.8 Å². The van der Waals surface area contributed by atoms with E-state index in [1.54, 1.807) is 12.1 Å². The SMILES string of the molecule is Nc1ccc2c(c1)N(S(=O)(=O)c1ccc(F)cc1)CCC2. The van der Waals surface area contributed by atoms with Crippen molar-refractivity contribution in [3.05, 3.63) is 53.8 Å². The minimum Gasteiger partial charge on any atom is -0.399 e. The Hall–Kier alpha value is -2.08. The molecule has 21 heavy (non-hydrogen) atoms. The van der Waals surface area contributed by atoms with Gasteiger partial charge in [0.1, 0.15) is 5.82 Å². The van der Waals surface area contributed by atoms with Crippen LogP contribution in [0.25, 0.3) is 0 Å². The van der Waals surface area contributed by atoms with Crippen LogP contribution in [0.5, 0.6) is 0 Å². The average Bonchev–Trinajstić information content (AvgIpc) is 2.47. The van der Waals surface area contributed by atoms with Crippen molar-refractivity contribution < 1.29 is 12.8 Å². The normalized spacial score (nSPS) is 14.8. The molecule has 0 spiro atoms. The summed E-state index contributed by atoms with van der Waals surface area (Å²) in [5, 5.41) is 0. The summed E-state index contributed by atoms with van der Waals surface area (Å²) in [4.78, 5) is 0.0826. The lowest BCUT2D eigenvalue weighted by Gasteiger charge is -2.30. The predicted octanol–water partition coefficient (Wildman–Crippen LogP) is 2.55. The Labute approximate surface area is 123 Å². The average molecular weight is 306 g/mol. The van der Waals surface area contributed by atoms with E-state index in [2.05, 4.69) is 0 Å². The summed E-state index contributed by atoms with van der Waals surface area (Å²) in [5.74, 6) is -0.461. The van der Waals surface area contributed by atoms with Gasteiger partial charge < -0.3 is 5.73 Å². The summed E-state index contributed by atoms with van der Waals surface area (Å²) in [6.07, 6.45) is 1.57. The van der Waals surface area contributed by atoms with Crippen molar-refractivity contribution in [2.45, 2.75) is 17.7 Å². The second-order valence-electron chi connectivity index (χ2n) is 5.02. The van der Waals surface area contributed by atoms with Gasteiger partial charge in [0.2, 0.25) is 0 Å². The highest BCUT2D eigenvalue weighted by Gasteiger charge is 2.29. The third kappa shape index (κ3) is 2.47. The van der Waals surface area contributed by atoms with Gasteiger partial charge in [-0.3, -0.25) is 4.31 Å². The van der Waals surface area contributed by atoms with E-state index in [0.29, 0.717) is 17.9 Å². The molecule has 2 N–H and O–H groups in total. The van der Waals surface area contributed by atoms with Crippen LogP contribution >= 0.6 is 0 Å². The molecular weight excluding hydrogens is 291 g/mol. The largest absolute Gasteiger partial charge is 0.399 e. The van der Waals surface area contributed by atoms with Gasteiger partial charge in [-0.25, -0.2) is 12.8 Å². The second kappa shape index (κ2) is 5.04. The molecule has 2 aromatic rings. The number of halogens is 1. The topological polar surface area (TPSA) is 63.4 Å². The van der Waals surface area contributed by atoms with E-state index in [1.165, 1.54) is 16.4 Å². The van der Waals surface area contributed by atoms with E-state index in [0.717, 1.165) is 30.5 Å². The molecule has 2 aromatic carbocycles. The standard InChI is InChI=1S/C15H15FN2O2S/c16-12-4-7-14(8-5-12)21(19,20)18-9-1-2-11-3-6-13(17)10-15(11)18/h3-8,10H,1-2,9,17H2. The quantitative estimate of drug-likeness (QED) is 0.867. The lowest BCUT2D eigenvalue weighted by molar-refractivity contribution is 0.585. The van der Waals surface area contributed by atoms with Crippen molar-refractivity contribution in [3.63, 3.8) is 0 Å². The van der Waals surface area contributed by atoms with Crippen molar-refractivity contribution in [2.75, 3.05) is 16.6 Å². The molecule has 0 aromatic heterocycles.